The Labute approximate surface area is 358 Å². The highest BCUT2D eigenvalue weighted by Gasteiger charge is 2.44. The van der Waals surface area contributed by atoms with Gasteiger partial charge in [0.15, 0.2) is 7.28 Å². The SMILES string of the molecule is CCCC1=C2C(=C(C3=CC4=C(CC3)C(C)(C)CCC4(C)C)CC1c1ccccc1C)Bc1ccc(-c3ccccc3)cc1N2c1cc2c(cc1C)C(C)(C)CCC2(C)C. The van der Waals surface area contributed by atoms with Crippen LogP contribution in [0.4, 0.5) is 11.4 Å². The van der Waals surface area contributed by atoms with Crippen LogP contribution in [-0.4, -0.2) is 7.28 Å². The molecule has 4 aliphatic carbocycles. The number of rotatable bonds is 6. The minimum absolute atomic E-state index is 0.109. The van der Waals surface area contributed by atoms with Gasteiger partial charge in [-0.25, -0.2) is 0 Å². The Hall–Kier alpha value is -4.30. The van der Waals surface area contributed by atoms with Crippen LogP contribution in [0.2, 0.25) is 0 Å². The largest absolute Gasteiger partial charge is 0.311 e. The Morgan fingerprint density at radius 2 is 1.31 bits per heavy atom. The first-order valence-electron chi connectivity index (χ1n) is 23.1. The third kappa shape index (κ3) is 6.76. The molecule has 9 rings (SSSR count). The maximum absolute atomic E-state index is 2.81. The number of hydrogen-bond acceptors (Lipinski definition) is 1. The van der Waals surface area contributed by atoms with Crippen molar-refractivity contribution in [1.29, 1.82) is 0 Å². The number of aryl methyl sites for hydroxylation is 2. The van der Waals surface area contributed by atoms with Crippen molar-refractivity contribution >= 4 is 24.1 Å². The Kier molecular flexibility index (Phi) is 9.81. The van der Waals surface area contributed by atoms with E-state index in [4.69, 9.17) is 0 Å². The standard InChI is InChI=1S/C57H68BN/c1-12-18-42-44(41-22-17-16-19-36(41)2)34-43(40-23-25-45-47(32-40)56(8,9)28-27-54(45,4)5)52-53(42)59(51-33-39(24-26-49(51)58-52)38-20-14-13-15-21-38)50-35-48-46(31-37(50)3)55(6,7)29-30-57(48,10)11/h13-17,19-22,24,26,31-33,35,44,58H,12,18,23,25,27-30,34H2,1-11H3. The molecule has 0 aromatic heterocycles. The van der Waals surface area contributed by atoms with Crippen molar-refractivity contribution < 1.29 is 0 Å². The Morgan fingerprint density at radius 1 is 0.644 bits per heavy atom. The van der Waals surface area contributed by atoms with Crippen LogP contribution in [0.15, 0.2) is 130 Å². The van der Waals surface area contributed by atoms with Crippen LogP contribution in [0, 0.1) is 24.7 Å². The highest BCUT2D eigenvalue weighted by molar-refractivity contribution is 6.65. The second kappa shape index (κ2) is 14.4. The van der Waals surface area contributed by atoms with Gasteiger partial charge >= 0.3 is 0 Å². The van der Waals surface area contributed by atoms with Crippen molar-refractivity contribution in [2.45, 2.75) is 151 Å². The maximum Gasteiger partial charge on any atom is 0.198 e. The zero-order valence-corrected chi connectivity index (χ0v) is 38.3. The first-order chi connectivity index (χ1) is 28.0. The van der Waals surface area contributed by atoms with Crippen molar-refractivity contribution in [2.24, 2.45) is 10.8 Å². The lowest BCUT2D eigenvalue weighted by Gasteiger charge is -2.47. The predicted molar refractivity (Wildman–Crippen MR) is 256 cm³/mol. The van der Waals surface area contributed by atoms with E-state index in [0.29, 0.717) is 5.92 Å². The van der Waals surface area contributed by atoms with Gasteiger partial charge in [-0.05, 0) is 160 Å². The molecule has 5 aliphatic rings. The molecule has 4 aromatic rings. The van der Waals surface area contributed by atoms with Gasteiger partial charge < -0.3 is 4.90 Å². The molecule has 0 amide bonds. The fourth-order valence-electron chi connectivity index (χ4n) is 12.0. The van der Waals surface area contributed by atoms with Crippen LogP contribution in [-0.2, 0) is 10.8 Å². The molecule has 4 aromatic carbocycles. The third-order valence-electron chi connectivity index (χ3n) is 15.9. The molecule has 1 atom stereocenters. The summed E-state index contributed by atoms with van der Waals surface area (Å²) in [7, 11) is 0.972. The molecule has 0 fully saturated rings. The third-order valence-corrected chi connectivity index (χ3v) is 15.9. The molecular weight excluding hydrogens is 709 g/mol. The van der Waals surface area contributed by atoms with Gasteiger partial charge in [-0.1, -0.05) is 164 Å². The summed E-state index contributed by atoms with van der Waals surface area (Å²) in [6.45, 7) is 27.1. The smallest absolute Gasteiger partial charge is 0.198 e. The summed E-state index contributed by atoms with van der Waals surface area (Å²) in [5, 5.41) is 0. The van der Waals surface area contributed by atoms with E-state index in [1.54, 1.807) is 38.9 Å². The maximum atomic E-state index is 2.81. The molecule has 1 unspecified atom stereocenters. The number of anilines is 2. The monoisotopic (exact) mass is 778 g/mol. The van der Waals surface area contributed by atoms with E-state index in [0.717, 1.165) is 33.0 Å². The van der Waals surface area contributed by atoms with Crippen LogP contribution in [0.3, 0.4) is 0 Å². The van der Waals surface area contributed by atoms with Crippen LogP contribution >= 0.6 is 0 Å². The summed E-state index contributed by atoms with van der Waals surface area (Å²) < 4.78 is 0. The van der Waals surface area contributed by atoms with Gasteiger partial charge in [-0.15, -0.1) is 0 Å². The lowest BCUT2D eigenvalue weighted by molar-refractivity contribution is 0.257. The Bertz CT molecular complexity index is 2480. The van der Waals surface area contributed by atoms with E-state index in [-0.39, 0.29) is 21.7 Å². The molecule has 0 N–H and O–H groups in total. The lowest BCUT2D eigenvalue weighted by Crippen LogP contribution is -2.41. The van der Waals surface area contributed by atoms with E-state index in [2.05, 4.69) is 172 Å². The second-order valence-electron chi connectivity index (χ2n) is 21.7. The quantitative estimate of drug-likeness (QED) is 0.176. The molecule has 2 heteroatoms. The number of hydrogen-bond donors (Lipinski definition) is 0. The average molecular weight is 778 g/mol. The van der Waals surface area contributed by atoms with Gasteiger partial charge in [-0.3, -0.25) is 0 Å². The second-order valence-corrected chi connectivity index (χ2v) is 21.7. The van der Waals surface area contributed by atoms with Gasteiger partial charge in [0.25, 0.3) is 0 Å². The molecule has 304 valence electrons. The van der Waals surface area contributed by atoms with Crippen molar-refractivity contribution in [3.63, 3.8) is 0 Å². The highest BCUT2D eigenvalue weighted by Crippen LogP contribution is 2.57. The van der Waals surface area contributed by atoms with Crippen LogP contribution in [0.1, 0.15) is 154 Å². The average Bonchev–Trinajstić information content (AvgIpc) is 3.21. The first kappa shape index (κ1) is 40.1. The van der Waals surface area contributed by atoms with Crippen LogP contribution in [0.5, 0.6) is 0 Å². The molecule has 59 heavy (non-hydrogen) atoms. The van der Waals surface area contributed by atoms with Crippen molar-refractivity contribution in [2.75, 3.05) is 4.90 Å². The van der Waals surface area contributed by atoms with E-state index in [1.807, 2.05) is 0 Å². The van der Waals surface area contributed by atoms with Gasteiger partial charge in [0.05, 0.1) is 0 Å². The Morgan fingerprint density at radius 3 is 2.02 bits per heavy atom. The number of nitrogens with zero attached hydrogens (tertiary/aromatic N) is 1. The zero-order valence-electron chi connectivity index (χ0n) is 38.3. The molecule has 1 aliphatic heterocycles. The molecule has 0 bridgehead atoms. The fourth-order valence-corrected chi connectivity index (χ4v) is 12.0. The van der Waals surface area contributed by atoms with Gasteiger partial charge in [0.2, 0.25) is 0 Å². The molecule has 0 saturated heterocycles. The molecule has 1 heterocycles. The van der Waals surface area contributed by atoms with E-state index in [9.17, 15) is 0 Å². The topological polar surface area (TPSA) is 3.24 Å². The normalized spacial score (nSPS) is 22.5. The van der Waals surface area contributed by atoms with Crippen molar-refractivity contribution in [1.82, 2.24) is 0 Å². The summed E-state index contributed by atoms with van der Waals surface area (Å²) in [4.78, 5) is 2.81. The number of fused-ring (bicyclic) bond motifs is 3. The van der Waals surface area contributed by atoms with Crippen LogP contribution < -0.4 is 10.4 Å². The molecule has 0 saturated carbocycles. The fraction of sp³-hybridized carbons (Fsp3) is 0.439. The zero-order chi connectivity index (χ0) is 41.6. The van der Waals surface area contributed by atoms with E-state index in [1.165, 1.54) is 88.0 Å². The highest BCUT2D eigenvalue weighted by atomic mass is 15.2. The van der Waals surface area contributed by atoms with Gasteiger partial charge in [0.1, 0.15) is 0 Å². The lowest BCUT2D eigenvalue weighted by atomic mass is 9.52. The van der Waals surface area contributed by atoms with Crippen LogP contribution in [0.25, 0.3) is 11.1 Å². The predicted octanol–water partition coefficient (Wildman–Crippen LogP) is 14.9. The summed E-state index contributed by atoms with van der Waals surface area (Å²) in [5.41, 5.74) is 26.1. The van der Waals surface area contributed by atoms with Crippen molar-refractivity contribution in [3.8, 4) is 11.1 Å². The summed E-state index contributed by atoms with van der Waals surface area (Å²) in [5.74, 6) is 0.326. The summed E-state index contributed by atoms with van der Waals surface area (Å²) in [6.07, 6.45) is 13.3. The van der Waals surface area contributed by atoms with E-state index < -0.39 is 0 Å². The van der Waals surface area contributed by atoms with Gasteiger partial charge in [-0.2, -0.15) is 0 Å². The molecular formula is C57H68BN. The van der Waals surface area contributed by atoms with Crippen molar-refractivity contribution in [3.05, 3.63) is 158 Å². The van der Waals surface area contributed by atoms with Gasteiger partial charge in [0, 0.05) is 23.0 Å². The number of allylic oxidation sites excluding steroid dienone is 7. The molecule has 0 radical (unpaired) electrons. The minimum Gasteiger partial charge on any atom is -0.311 e. The first-order valence-corrected chi connectivity index (χ1v) is 23.1. The Balaban J connectivity index is 1.37. The number of benzene rings is 4. The molecule has 0 spiro atoms. The van der Waals surface area contributed by atoms with E-state index >= 15 is 0 Å². The minimum atomic E-state index is 0.109. The summed E-state index contributed by atoms with van der Waals surface area (Å²) >= 11 is 0. The summed E-state index contributed by atoms with van der Waals surface area (Å²) in [6, 6.07) is 33.0. The molecule has 1 nitrogen and oxygen atoms in total.